The van der Waals surface area contributed by atoms with Crippen molar-refractivity contribution >= 4 is 59.2 Å². The average Bonchev–Trinajstić information content (AvgIpc) is 3.09. The fraction of sp³-hybridized carbons (Fsp3) is 0.286. The minimum Gasteiger partial charge on any atom is -0.497 e. The van der Waals surface area contributed by atoms with Crippen molar-refractivity contribution < 1.29 is 27.5 Å². The van der Waals surface area contributed by atoms with Gasteiger partial charge in [-0.1, -0.05) is 27.3 Å². The summed E-state index contributed by atoms with van der Waals surface area (Å²) >= 11 is 4.67. The third-order valence-corrected chi connectivity index (χ3v) is 7.95. The van der Waals surface area contributed by atoms with Crippen LogP contribution in [0.15, 0.2) is 56.8 Å². The predicted molar refractivity (Wildman–Crippen MR) is 124 cm³/mol. The van der Waals surface area contributed by atoms with Crippen molar-refractivity contribution in [2.24, 2.45) is 4.99 Å². The van der Waals surface area contributed by atoms with E-state index in [2.05, 4.69) is 20.9 Å². The second kappa shape index (κ2) is 10.4. The lowest BCUT2D eigenvalue weighted by Crippen LogP contribution is -2.22. The van der Waals surface area contributed by atoms with Gasteiger partial charge in [-0.25, -0.2) is 8.42 Å². The number of sulfone groups is 1. The minimum absolute atomic E-state index is 0.0362. The van der Waals surface area contributed by atoms with Crippen LogP contribution in [0.25, 0.3) is 10.2 Å². The highest BCUT2D eigenvalue weighted by molar-refractivity contribution is 9.10. The molecule has 3 rings (SSSR count). The Morgan fingerprint density at radius 2 is 1.84 bits per heavy atom. The van der Waals surface area contributed by atoms with Crippen LogP contribution in [0.2, 0.25) is 0 Å². The van der Waals surface area contributed by atoms with Crippen molar-refractivity contribution in [3.63, 3.8) is 0 Å². The number of hydrogen-bond acceptors (Lipinski definition) is 7. The largest absolute Gasteiger partial charge is 0.497 e. The molecular weight excluding hydrogens is 520 g/mol. The van der Waals surface area contributed by atoms with Gasteiger partial charge in [-0.15, -0.1) is 0 Å². The molecule has 1 amide bonds. The van der Waals surface area contributed by atoms with E-state index in [0.29, 0.717) is 10.6 Å². The van der Waals surface area contributed by atoms with Gasteiger partial charge in [0.25, 0.3) is 0 Å². The Kier molecular flexibility index (Phi) is 7.86. The van der Waals surface area contributed by atoms with Crippen LogP contribution in [0.1, 0.15) is 12.8 Å². The number of carbonyl (C=O) groups is 2. The molecule has 3 aromatic rings. The molecule has 11 heteroatoms. The summed E-state index contributed by atoms with van der Waals surface area (Å²) in [6.45, 7) is -0.0872. The summed E-state index contributed by atoms with van der Waals surface area (Å²) in [5.41, 5.74) is 0.747. The lowest BCUT2D eigenvalue weighted by molar-refractivity contribution is -0.141. The standard InChI is InChI=1S/C21H21BrN2O6S2/c1-29-15-6-8-16(9-7-15)32(27,28)11-3-4-19(25)23-21-24(13-20(26)30-2)17-10-5-14(22)12-18(17)31-21/h5-10,12H,3-4,11,13H2,1-2H3. The molecule has 170 valence electrons. The van der Waals surface area contributed by atoms with Gasteiger partial charge < -0.3 is 14.0 Å². The maximum absolute atomic E-state index is 12.5. The Morgan fingerprint density at radius 1 is 1.12 bits per heavy atom. The van der Waals surface area contributed by atoms with Crippen molar-refractivity contribution in [1.82, 2.24) is 4.57 Å². The molecule has 0 radical (unpaired) electrons. The van der Waals surface area contributed by atoms with Crippen molar-refractivity contribution in [3.8, 4) is 5.75 Å². The molecule has 2 aromatic carbocycles. The summed E-state index contributed by atoms with van der Waals surface area (Å²) in [5.74, 6) is -0.540. The van der Waals surface area contributed by atoms with Gasteiger partial charge in [0.05, 0.1) is 35.1 Å². The fourth-order valence-electron chi connectivity index (χ4n) is 2.96. The first-order valence-electron chi connectivity index (χ1n) is 9.53. The van der Waals surface area contributed by atoms with Gasteiger partial charge in [-0.3, -0.25) is 9.59 Å². The molecular formula is C21H21BrN2O6S2. The number of nitrogens with zero attached hydrogens (tertiary/aromatic N) is 2. The van der Waals surface area contributed by atoms with E-state index in [1.807, 2.05) is 18.2 Å². The summed E-state index contributed by atoms with van der Waals surface area (Å²) in [7, 11) is -0.731. The molecule has 1 aromatic heterocycles. The second-order valence-electron chi connectivity index (χ2n) is 6.76. The fourth-order valence-corrected chi connectivity index (χ4v) is 5.87. The molecule has 32 heavy (non-hydrogen) atoms. The highest BCUT2D eigenvalue weighted by atomic mass is 79.9. The topological polar surface area (TPSA) is 104 Å². The zero-order chi connectivity index (χ0) is 23.3. The van der Waals surface area contributed by atoms with E-state index in [0.717, 1.165) is 14.7 Å². The van der Waals surface area contributed by atoms with Crippen molar-refractivity contribution in [3.05, 3.63) is 51.7 Å². The summed E-state index contributed by atoms with van der Waals surface area (Å²) in [6, 6.07) is 11.6. The van der Waals surface area contributed by atoms with Gasteiger partial charge in [0.1, 0.15) is 12.3 Å². The molecule has 8 nitrogen and oxygen atoms in total. The number of amides is 1. The minimum atomic E-state index is -3.52. The monoisotopic (exact) mass is 540 g/mol. The number of methoxy groups -OCH3 is 2. The molecule has 0 aliphatic heterocycles. The van der Waals surface area contributed by atoms with Crippen molar-refractivity contribution in [1.29, 1.82) is 0 Å². The van der Waals surface area contributed by atoms with Crippen LogP contribution in [0, 0.1) is 0 Å². The third-order valence-electron chi connectivity index (χ3n) is 4.60. The Hall–Kier alpha value is -2.50. The van der Waals surface area contributed by atoms with Crippen molar-refractivity contribution in [2.45, 2.75) is 24.3 Å². The van der Waals surface area contributed by atoms with Crippen molar-refractivity contribution in [2.75, 3.05) is 20.0 Å². The Labute approximate surface area is 197 Å². The Morgan fingerprint density at radius 3 is 2.50 bits per heavy atom. The number of benzene rings is 2. The highest BCUT2D eigenvalue weighted by Crippen LogP contribution is 2.22. The highest BCUT2D eigenvalue weighted by Gasteiger charge is 2.16. The SMILES string of the molecule is COC(=O)Cn1c(=NC(=O)CCCS(=O)(=O)c2ccc(OC)cc2)sc2cc(Br)ccc21. The first-order chi connectivity index (χ1) is 15.2. The smallest absolute Gasteiger partial charge is 0.325 e. The number of carbonyl (C=O) groups excluding carboxylic acids is 2. The number of fused-ring (bicyclic) bond motifs is 1. The first kappa shape index (κ1) is 24.1. The van der Waals surface area contributed by atoms with Crippen LogP contribution in [0.5, 0.6) is 5.75 Å². The maximum atomic E-state index is 12.5. The normalized spacial score (nSPS) is 12.2. The van der Waals surface area contributed by atoms with Gasteiger partial charge >= 0.3 is 5.97 Å². The Balaban J connectivity index is 1.76. The summed E-state index contributed by atoms with van der Waals surface area (Å²) in [4.78, 5) is 29.0. The predicted octanol–water partition coefficient (Wildman–Crippen LogP) is 3.33. The molecule has 0 saturated heterocycles. The molecule has 1 heterocycles. The van der Waals surface area contributed by atoms with Gasteiger partial charge in [-0.05, 0) is 48.9 Å². The number of esters is 1. The molecule has 0 unspecified atom stereocenters. The van der Waals surface area contributed by atoms with E-state index < -0.39 is 21.7 Å². The molecule has 0 spiro atoms. The average molecular weight is 541 g/mol. The third kappa shape index (κ3) is 5.84. The quantitative estimate of drug-likeness (QED) is 0.406. The molecule has 0 N–H and O–H groups in total. The second-order valence-corrected chi connectivity index (χ2v) is 10.8. The summed E-state index contributed by atoms with van der Waals surface area (Å²) in [6.07, 6.45) is 0.0929. The number of aromatic nitrogens is 1. The van der Waals surface area contributed by atoms with Crippen LogP contribution < -0.4 is 9.54 Å². The number of hydrogen-bond donors (Lipinski definition) is 0. The van der Waals surface area contributed by atoms with Crippen LogP contribution in [-0.4, -0.2) is 44.8 Å². The summed E-state index contributed by atoms with van der Waals surface area (Å²) < 4.78 is 38.1. The number of ether oxygens (including phenoxy) is 2. The zero-order valence-corrected chi connectivity index (χ0v) is 20.6. The molecule has 0 fully saturated rings. The van der Waals surface area contributed by atoms with Gasteiger partial charge in [0.15, 0.2) is 14.6 Å². The van der Waals surface area contributed by atoms with Gasteiger partial charge in [0, 0.05) is 10.9 Å². The van der Waals surface area contributed by atoms with E-state index >= 15 is 0 Å². The maximum Gasteiger partial charge on any atom is 0.325 e. The van der Waals surface area contributed by atoms with E-state index in [1.165, 1.54) is 37.7 Å². The van der Waals surface area contributed by atoms with E-state index in [-0.39, 0.29) is 30.0 Å². The van der Waals surface area contributed by atoms with E-state index in [1.54, 1.807) is 16.7 Å². The number of rotatable bonds is 8. The lowest BCUT2D eigenvalue weighted by atomic mass is 10.3. The number of halogens is 1. The van der Waals surface area contributed by atoms with Crippen LogP contribution >= 0.6 is 27.3 Å². The van der Waals surface area contributed by atoms with Gasteiger partial charge in [-0.2, -0.15) is 4.99 Å². The first-order valence-corrected chi connectivity index (χ1v) is 12.8. The van der Waals surface area contributed by atoms with Crippen LogP contribution in [-0.2, 0) is 30.7 Å². The van der Waals surface area contributed by atoms with E-state index in [9.17, 15) is 18.0 Å². The molecule has 0 bridgehead atoms. The summed E-state index contributed by atoms with van der Waals surface area (Å²) in [5, 5.41) is 0. The van der Waals surface area contributed by atoms with Crippen LogP contribution in [0.3, 0.4) is 0 Å². The molecule has 0 saturated carbocycles. The molecule has 0 atom stereocenters. The van der Waals surface area contributed by atoms with Gasteiger partial charge in [0.2, 0.25) is 5.91 Å². The lowest BCUT2D eigenvalue weighted by Gasteiger charge is -2.05. The molecule has 0 aliphatic carbocycles. The number of thiazole rings is 1. The van der Waals surface area contributed by atoms with E-state index in [4.69, 9.17) is 9.47 Å². The zero-order valence-electron chi connectivity index (χ0n) is 17.4. The van der Waals surface area contributed by atoms with Crippen LogP contribution in [0.4, 0.5) is 0 Å². The Bertz CT molecular complexity index is 1310. The molecule has 0 aliphatic rings.